The van der Waals surface area contributed by atoms with Crippen molar-refractivity contribution in [3.63, 3.8) is 0 Å². The number of nitrogen functional groups attached to an aromatic ring is 1. The summed E-state index contributed by atoms with van der Waals surface area (Å²) in [5.41, 5.74) is 7.98. The van der Waals surface area contributed by atoms with Crippen LogP contribution in [0.5, 0.6) is 0 Å². The fourth-order valence-corrected chi connectivity index (χ4v) is 4.20. The summed E-state index contributed by atoms with van der Waals surface area (Å²) in [5, 5.41) is 0. The number of aliphatic imine (C=N–C) groups is 1. The molecule has 2 N–H and O–H groups in total. The third-order valence-electron chi connectivity index (χ3n) is 3.43. The fourth-order valence-electron chi connectivity index (χ4n) is 2.18. The van der Waals surface area contributed by atoms with Crippen LogP contribution in [0.1, 0.15) is 6.42 Å². The zero-order chi connectivity index (χ0) is 14.7. The maximum atomic E-state index is 5.71. The Morgan fingerprint density at radius 2 is 2.10 bits per heavy atom. The van der Waals surface area contributed by atoms with Crippen LogP contribution in [0.15, 0.2) is 57.3 Å². The normalized spacial score (nSPS) is 24.5. The molecule has 110 valence electrons. The Bertz CT molecular complexity index is 590. The van der Waals surface area contributed by atoms with Gasteiger partial charge < -0.3 is 5.73 Å². The zero-order valence-corrected chi connectivity index (χ0v) is 13.7. The molecule has 3 nitrogen and oxygen atoms in total. The molecular weight excluding hydrogens is 298 g/mol. The number of nitrogens with two attached hydrogens (primary N) is 1. The highest BCUT2D eigenvalue weighted by Crippen LogP contribution is 2.31. The van der Waals surface area contributed by atoms with E-state index in [2.05, 4.69) is 42.3 Å². The van der Waals surface area contributed by atoms with E-state index in [-0.39, 0.29) is 0 Å². The van der Waals surface area contributed by atoms with Crippen molar-refractivity contribution in [1.82, 2.24) is 4.90 Å². The van der Waals surface area contributed by atoms with Gasteiger partial charge in [0.05, 0.1) is 0 Å². The van der Waals surface area contributed by atoms with Crippen LogP contribution in [-0.2, 0) is 0 Å². The second-order valence-electron chi connectivity index (χ2n) is 5.11. The van der Waals surface area contributed by atoms with Gasteiger partial charge in [0.2, 0.25) is 0 Å². The SMILES string of the molecule is CN1CCSC1N=C1C=CC(Sc2ccc(N)cc2)=CC1. The lowest BCUT2D eigenvalue weighted by Crippen LogP contribution is -2.22. The topological polar surface area (TPSA) is 41.6 Å². The van der Waals surface area contributed by atoms with Crippen molar-refractivity contribution in [2.45, 2.75) is 16.8 Å². The maximum absolute atomic E-state index is 5.71. The van der Waals surface area contributed by atoms with Gasteiger partial charge in [-0.1, -0.05) is 17.8 Å². The second-order valence-corrected chi connectivity index (χ2v) is 7.42. The molecule has 3 rings (SSSR count). The Balaban J connectivity index is 1.61. The van der Waals surface area contributed by atoms with Crippen LogP contribution in [0.3, 0.4) is 0 Å². The van der Waals surface area contributed by atoms with E-state index < -0.39 is 0 Å². The molecule has 1 unspecified atom stereocenters. The molecule has 21 heavy (non-hydrogen) atoms. The Morgan fingerprint density at radius 1 is 1.29 bits per heavy atom. The Kier molecular flexibility index (Phi) is 4.73. The van der Waals surface area contributed by atoms with Crippen molar-refractivity contribution in [3.05, 3.63) is 47.4 Å². The molecule has 1 heterocycles. The molecule has 1 fully saturated rings. The van der Waals surface area contributed by atoms with Crippen molar-refractivity contribution in [2.24, 2.45) is 4.99 Å². The molecule has 1 atom stereocenters. The minimum Gasteiger partial charge on any atom is -0.399 e. The molecule has 5 heteroatoms. The third-order valence-corrected chi connectivity index (χ3v) is 5.66. The van der Waals surface area contributed by atoms with E-state index in [9.17, 15) is 0 Å². The van der Waals surface area contributed by atoms with E-state index in [0.717, 1.165) is 18.7 Å². The quantitative estimate of drug-likeness (QED) is 0.865. The van der Waals surface area contributed by atoms with Crippen LogP contribution in [0.2, 0.25) is 0 Å². The van der Waals surface area contributed by atoms with E-state index >= 15 is 0 Å². The molecule has 0 bridgehead atoms. The molecular formula is C16H19N3S2. The molecule has 2 aliphatic rings. The summed E-state index contributed by atoms with van der Waals surface area (Å²) in [6, 6.07) is 8.00. The predicted octanol–water partition coefficient (Wildman–Crippen LogP) is 3.61. The molecule has 0 spiro atoms. The summed E-state index contributed by atoms with van der Waals surface area (Å²) in [6.07, 6.45) is 7.47. The highest BCUT2D eigenvalue weighted by molar-refractivity contribution is 8.03. The van der Waals surface area contributed by atoms with Crippen molar-refractivity contribution in [3.8, 4) is 0 Å². The van der Waals surface area contributed by atoms with Crippen LogP contribution < -0.4 is 5.73 Å². The molecule has 0 saturated carbocycles. The Hall–Kier alpha value is -1.17. The van der Waals surface area contributed by atoms with Gasteiger partial charge in [0, 0.05) is 39.9 Å². The van der Waals surface area contributed by atoms with E-state index in [4.69, 9.17) is 10.7 Å². The molecule has 1 aliphatic carbocycles. The van der Waals surface area contributed by atoms with E-state index in [1.165, 1.54) is 21.3 Å². The first kappa shape index (κ1) is 14.8. The van der Waals surface area contributed by atoms with Crippen molar-refractivity contribution >= 4 is 34.9 Å². The summed E-state index contributed by atoms with van der Waals surface area (Å²) < 4.78 is 0. The highest BCUT2D eigenvalue weighted by atomic mass is 32.2. The first-order valence-corrected chi connectivity index (χ1v) is 8.87. The van der Waals surface area contributed by atoms with Crippen LogP contribution in [0, 0.1) is 0 Å². The van der Waals surface area contributed by atoms with E-state index in [0.29, 0.717) is 5.50 Å². The summed E-state index contributed by atoms with van der Waals surface area (Å²) in [4.78, 5) is 9.60. The van der Waals surface area contributed by atoms with Crippen molar-refractivity contribution < 1.29 is 0 Å². The lowest BCUT2D eigenvalue weighted by Gasteiger charge is -2.16. The maximum Gasteiger partial charge on any atom is 0.149 e. The van der Waals surface area contributed by atoms with Crippen LogP contribution in [0.4, 0.5) is 5.69 Å². The van der Waals surface area contributed by atoms with Crippen LogP contribution in [0.25, 0.3) is 0 Å². The Morgan fingerprint density at radius 3 is 2.71 bits per heavy atom. The fraction of sp³-hybridized carbons (Fsp3) is 0.312. The van der Waals surface area contributed by atoms with Gasteiger partial charge in [0.25, 0.3) is 0 Å². The number of benzene rings is 1. The molecule has 1 aliphatic heterocycles. The molecule has 0 aromatic heterocycles. The molecule has 1 aromatic rings. The summed E-state index contributed by atoms with van der Waals surface area (Å²) in [7, 11) is 2.14. The minimum atomic E-state index is 0.296. The van der Waals surface area contributed by atoms with Gasteiger partial charge >= 0.3 is 0 Å². The molecule has 0 amide bonds. The molecule has 1 saturated heterocycles. The van der Waals surface area contributed by atoms with Gasteiger partial charge in [0.15, 0.2) is 0 Å². The van der Waals surface area contributed by atoms with Crippen molar-refractivity contribution in [1.29, 1.82) is 0 Å². The first-order chi connectivity index (χ1) is 10.2. The third kappa shape index (κ3) is 3.93. The van der Waals surface area contributed by atoms with E-state index in [1.807, 2.05) is 23.9 Å². The average molecular weight is 317 g/mol. The number of allylic oxidation sites excluding steroid dienone is 3. The summed E-state index contributed by atoms with van der Waals surface area (Å²) >= 11 is 3.68. The van der Waals surface area contributed by atoms with E-state index in [1.54, 1.807) is 11.8 Å². The smallest absolute Gasteiger partial charge is 0.149 e. The number of hydrogen-bond acceptors (Lipinski definition) is 5. The number of anilines is 1. The van der Waals surface area contributed by atoms with Gasteiger partial charge in [0.1, 0.15) is 5.50 Å². The molecule has 0 radical (unpaired) electrons. The standard InChI is InChI=1S/C16H19N3S2/c1-19-10-11-20-16(19)18-13-4-8-15(9-5-13)21-14-6-2-12(17)3-7-14/h2-4,6-9,16H,5,10-11,17H2,1H3. The Labute approximate surface area is 134 Å². The number of nitrogens with zero attached hydrogens (tertiary/aromatic N) is 2. The van der Waals surface area contributed by atoms with Crippen LogP contribution in [-0.4, -0.2) is 35.5 Å². The van der Waals surface area contributed by atoms with Gasteiger partial charge in [-0.25, -0.2) is 0 Å². The van der Waals surface area contributed by atoms with Gasteiger partial charge in [-0.3, -0.25) is 9.89 Å². The lowest BCUT2D eigenvalue weighted by molar-refractivity contribution is 0.360. The van der Waals surface area contributed by atoms with Gasteiger partial charge in [-0.15, -0.1) is 11.8 Å². The van der Waals surface area contributed by atoms with Gasteiger partial charge in [-0.05, 0) is 43.5 Å². The summed E-state index contributed by atoms with van der Waals surface area (Å²) in [6.45, 7) is 1.13. The monoisotopic (exact) mass is 317 g/mol. The largest absolute Gasteiger partial charge is 0.399 e. The lowest BCUT2D eigenvalue weighted by atomic mass is 10.1. The zero-order valence-electron chi connectivity index (χ0n) is 12.0. The number of rotatable bonds is 3. The summed E-state index contributed by atoms with van der Waals surface area (Å²) in [5.74, 6) is 1.18. The average Bonchev–Trinajstić information content (AvgIpc) is 2.89. The minimum absolute atomic E-state index is 0.296. The number of thioether (sulfide) groups is 2. The van der Waals surface area contributed by atoms with Crippen LogP contribution >= 0.6 is 23.5 Å². The first-order valence-electron chi connectivity index (χ1n) is 7.01. The highest BCUT2D eigenvalue weighted by Gasteiger charge is 2.20. The second kappa shape index (κ2) is 6.73. The van der Waals surface area contributed by atoms with Gasteiger partial charge in [-0.2, -0.15) is 0 Å². The predicted molar refractivity (Wildman–Crippen MR) is 94.9 cm³/mol. The van der Waals surface area contributed by atoms with Crippen molar-refractivity contribution in [2.75, 3.05) is 25.1 Å². The number of hydrogen-bond donors (Lipinski definition) is 1. The molecule has 1 aromatic carbocycles.